The molecular weight excluding hydrogens is 370 g/mol. The number of esters is 1. The highest BCUT2D eigenvalue weighted by Crippen LogP contribution is 2.31. The van der Waals surface area contributed by atoms with Gasteiger partial charge in [0.25, 0.3) is 5.91 Å². The van der Waals surface area contributed by atoms with E-state index < -0.39 is 12.1 Å². The first-order valence-electron chi connectivity index (χ1n) is 10.5. The van der Waals surface area contributed by atoms with Gasteiger partial charge >= 0.3 is 5.97 Å². The Morgan fingerprint density at radius 2 is 1.90 bits per heavy atom. The van der Waals surface area contributed by atoms with Crippen LogP contribution < -0.4 is 14.8 Å². The highest BCUT2D eigenvalue weighted by Gasteiger charge is 2.29. The van der Waals surface area contributed by atoms with Crippen LogP contribution in [-0.4, -0.2) is 37.2 Å². The van der Waals surface area contributed by atoms with Crippen LogP contribution in [0.25, 0.3) is 6.08 Å². The third kappa shape index (κ3) is 5.75. The van der Waals surface area contributed by atoms with Gasteiger partial charge in [-0.2, -0.15) is 0 Å². The quantitative estimate of drug-likeness (QED) is 0.601. The fourth-order valence-electron chi connectivity index (χ4n) is 3.80. The van der Waals surface area contributed by atoms with Crippen molar-refractivity contribution >= 4 is 18.0 Å². The standard InChI is InChI=1S/C23H31NO5/c1-15-6-4-7-19(16(15)2)24-23(26)17(3)29-22(25)11-9-18-8-10-20-21(14-18)28-13-5-12-27-20/h8-11,14-17,19H,4-7,12-13H2,1-3H3,(H,24,26)/b11-9+/t15-,16-,17-,19-/m1/s1. The summed E-state index contributed by atoms with van der Waals surface area (Å²) in [7, 11) is 0. The van der Waals surface area contributed by atoms with Crippen LogP contribution in [-0.2, 0) is 14.3 Å². The van der Waals surface area contributed by atoms with Crippen LogP contribution in [0.1, 0.15) is 52.0 Å². The second-order valence-electron chi connectivity index (χ2n) is 8.05. The van der Waals surface area contributed by atoms with Gasteiger partial charge in [-0.25, -0.2) is 4.79 Å². The largest absolute Gasteiger partial charge is 0.490 e. The van der Waals surface area contributed by atoms with E-state index >= 15 is 0 Å². The number of rotatable bonds is 5. The van der Waals surface area contributed by atoms with Crippen molar-refractivity contribution in [1.82, 2.24) is 5.32 Å². The van der Waals surface area contributed by atoms with Crippen molar-refractivity contribution < 1.29 is 23.8 Å². The summed E-state index contributed by atoms with van der Waals surface area (Å²) in [5.74, 6) is 1.60. The van der Waals surface area contributed by atoms with E-state index in [0.29, 0.717) is 36.5 Å². The van der Waals surface area contributed by atoms with E-state index in [-0.39, 0.29) is 11.9 Å². The Hall–Kier alpha value is -2.50. The van der Waals surface area contributed by atoms with Crippen LogP contribution in [0.5, 0.6) is 11.5 Å². The average molecular weight is 402 g/mol. The first-order valence-corrected chi connectivity index (χ1v) is 10.5. The third-order valence-corrected chi connectivity index (χ3v) is 5.88. The number of hydrogen-bond donors (Lipinski definition) is 1. The summed E-state index contributed by atoms with van der Waals surface area (Å²) in [6, 6.07) is 5.64. The highest BCUT2D eigenvalue weighted by molar-refractivity contribution is 5.90. The lowest BCUT2D eigenvalue weighted by atomic mass is 9.78. The number of fused-ring (bicyclic) bond motifs is 1. The first kappa shape index (κ1) is 21.2. The Labute approximate surface area is 172 Å². The van der Waals surface area contributed by atoms with Crippen molar-refractivity contribution in [3.8, 4) is 11.5 Å². The number of carbonyl (C=O) groups is 2. The van der Waals surface area contributed by atoms with Crippen LogP contribution in [0, 0.1) is 11.8 Å². The molecule has 1 amide bonds. The predicted molar refractivity (Wildman–Crippen MR) is 111 cm³/mol. The van der Waals surface area contributed by atoms with Gasteiger partial charge in [0.05, 0.1) is 13.2 Å². The van der Waals surface area contributed by atoms with Crippen LogP contribution in [0.15, 0.2) is 24.3 Å². The van der Waals surface area contributed by atoms with Crippen molar-refractivity contribution in [3.05, 3.63) is 29.8 Å². The van der Waals surface area contributed by atoms with E-state index in [0.717, 1.165) is 24.8 Å². The molecule has 0 radical (unpaired) electrons. The third-order valence-electron chi connectivity index (χ3n) is 5.88. The fourth-order valence-corrected chi connectivity index (χ4v) is 3.80. The zero-order valence-corrected chi connectivity index (χ0v) is 17.5. The lowest BCUT2D eigenvalue weighted by Gasteiger charge is -2.35. The lowest BCUT2D eigenvalue weighted by molar-refractivity contribution is -0.150. The van der Waals surface area contributed by atoms with E-state index in [1.807, 2.05) is 18.2 Å². The van der Waals surface area contributed by atoms with Gasteiger partial charge in [-0.3, -0.25) is 4.79 Å². The smallest absolute Gasteiger partial charge is 0.331 e. The van der Waals surface area contributed by atoms with Crippen molar-refractivity contribution in [3.63, 3.8) is 0 Å². The molecule has 0 saturated heterocycles. The molecule has 1 aliphatic heterocycles. The molecule has 6 nitrogen and oxygen atoms in total. The monoisotopic (exact) mass is 401 g/mol. The van der Waals surface area contributed by atoms with E-state index in [1.165, 1.54) is 12.5 Å². The minimum atomic E-state index is -0.833. The van der Waals surface area contributed by atoms with E-state index in [1.54, 1.807) is 13.0 Å². The highest BCUT2D eigenvalue weighted by atomic mass is 16.5. The summed E-state index contributed by atoms with van der Waals surface area (Å²) >= 11 is 0. The Morgan fingerprint density at radius 1 is 1.14 bits per heavy atom. The molecule has 2 aliphatic rings. The van der Waals surface area contributed by atoms with Gasteiger partial charge in [-0.1, -0.05) is 32.8 Å². The first-order chi connectivity index (χ1) is 13.9. The molecule has 0 bridgehead atoms. The molecule has 3 rings (SSSR count). The molecule has 158 valence electrons. The normalized spacial score (nSPS) is 25.1. The van der Waals surface area contributed by atoms with Crippen LogP contribution in [0.4, 0.5) is 0 Å². The second kappa shape index (κ2) is 9.81. The Kier molecular flexibility index (Phi) is 7.18. The summed E-state index contributed by atoms with van der Waals surface area (Å²) < 4.78 is 16.5. The SMILES string of the molecule is C[C@@H]1[C@H](C)CCC[C@H]1NC(=O)[C@@H](C)OC(=O)/C=C/c1ccc2c(c1)OCCCO2. The van der Waals surface area contributed by atoms with E-state index in [9.17, 15) is 9.59 Å². The molecular formula is C23H31NO5. The van der Waals surface area contributed by atoms with Gasteiger partial charge in [-0.05, 0) is 49.0 Å². The molecule has 1 saturated carbocycles. The molecule has 1 fully saturated rings. The Bertz CT molecular complexity index is 760. The lowest BCUT2D eigenvalue weighted by Crippen LogP contribution is -2.47. The number of benzene rings is 1. The maximum atomic E-state index is 12.4. The fraction of sp³-hybridized carbons (Fsp3) is 0.565. The maximum absolute atomic E-state index is 12.4. The van der Waals surface area contributed by atoms with E-state index in [4.69, 9.17) is 14.2 Å². The van der Waals surface area contributed by atoms with Crippen LogP contribution >= 0.6 is 0 Å². The molecule has 29 heavy (non-hydrogen) atoms. The number of amides is 1. The maximum Gasteiger partial charge on any atom is 0.331 e. The van der Waals surface area contributed by atoms with Crippen molar-refractivity contribution in [2.75, 3.05) is 13.2 Å². The average Bonchev–Trinajstić information content (AvgIpc) is 2.94. The summed E-state index contributed by atoms with van der Waals surface area (Å²) in [4.78, 5) is 24.6. The van der Waals surface area contributed by atoms with Crippen molar-refractivity contribution in [2.45, 2.75) is 58.6 Å². The molecule has 0 aromatic heterocycles. The second-order valence-corrected chi connectivity index (χ2v) is 8.05. The van der Waals surface area contributed by atoms with Gasteiger partial charge in [0.15, 0.2) is 17.6 Å². The topological polar surface area (TPSA) is 73.9 Å². The van der Waals surface area contributed by atoms with Gasteiger partial charge in [0.2, 0.25) is 0 Å². The summed E-state index contributed by atoms with van der Waals surface area (Å²) in [6.45, 7) is 7.23. The van der Waals surface area contributed by atoms with E-state index in [2.05, 4.69) is 19.2 Å². The molecule has 1 heterocycles. The number of carbonyl (C=O) groups excluding carboxylic acids is 2. The van der Waals surface area contributed by atoms with Gasteiger partial charge in [-0.15, -0.1) is 0 Å². The van der Waals surface area contributed by atoms with Crippen molar-refractivity contribution in [1.29, 1.82) is 0 Å². The predicted octanol–water partition coefficient (Wildman–Crippen LogP) is 3.73. The molecule has 0 unspecified atom stereocenters. The summed E-state index contributed by atoms with van der Waals surface area (Å²) in [5, 5.41) is 3.05. The van der Waals surface area contributed by atoms with Crippen LogP contribution in [0.2, 0.25) is 0 Å². The molecule has 6 heteroatoms. The number of nitrogens with one attached hydrogen (secondary N) is 1. The van der Waals surface area contributed by atoms with Crippen LogP contribution in [0.3, 0.4) is 0 Å². The summed E-state index contributed by atoms with van der Waals surface area (Å²) in [5.41, 5.74) is 0.799. The zero-order chi connectivity index (χ0) is 20.8. The Balaban J connectivity index is 1.51. The number of ether oxygens (including phenoxy) is 3. The van der Waals surface area contributed by atoms with Gasteiger partial charge < -0.3 is 19.5 Å². The molecule has 1 aromatic carbocycles. The molecule has 0 spiro atoms. The van der Waals surface area contributed by atoms with Gasteiger partial charge in [0.1, 0.15) is 0 Å². The minimum absolute atomic E-state index is 0.143. The van der Waals surface area contributed by atoms with Crippen molar-refractivity contribution in [2.24, 2.45) is 11.8 Å². The zero-order valence-electron chi connectivity index (χ0n) is 17.5. The minimum Gasteiger partial charge on any atom is -0.490 e. The molecule has 4 atom stereocenters. The molecule has 1 aliphatic carbocycles. The molecule has 1 aromatic rings. The van der Waals surface area contributed by atoms with Gasteiger partial charge in [0, 0.05) is 18.5 Å². The number of hydrogen-bond acceptors (Lipinski definition) is 5. The summed E-state index contributed by atoms with van der Waals surface area (Å²) in [6.07, 6.45) is 6.26. The molecule has 1 N–H and O–H groups in total. The Morgan fingerprint density at radius 3 is 2.69 bits per heavy atom.